The number of aliphatic hydroxyl groups is 1. The molecule has 0 aliphatic rings. The van der Waals surface area contributed by atoms with Crippen LogP contribution in [0.25, 0.3) is 0 Å². The maximum atomic E-state index is 10.2. The highest BCUT2D eigenvalue weighted by atomic mass is 35.5. The first-order chi connectivity index (χ1) is 9.01. The van der Waals surface area contributed by atoms with Crippen LogP contribution in [-0.2, 0) is 19.5 Å². The summed E-state index contributed by atoms with van der Waals surface area (Å²) in [7, 11) is 0. The molecule has 1 aromatic heterocycles. The van der Waals surface area contributed by atoms with Gasteiger partial charge in [0.2, 0.25) is 0 Å². The molecule has 0 saturated carbocycles. The lowest BCUT2D eigenvalue weighted by Gasteiger charge is -2.25. The average Bonchev–Trinajstić information content (AvgIpc) is 2.75. The zero-order chi connectivity index (χ0) is 14.5. The first kappa shape index (κ1) is 16.5. The van der Waals surface area contributed by atoms with E-state index in [1.54, 1.807) is 0 Å². The van der Waals surface area contributed by atoms with E-state index in [2.05, 4.69) is 24.3 Å². The first-order valence-electron chi connectivity index (χ1n) is 7.18. The lowest BCUT2D eigenvalue weighted by molar-refractivity contribution is 0.0321. The third kappa shape index (κ3) is 3.94. The molecule has 0 radical (unpaired) electrons. The van der Waals surface area contributed by atoms with Gasteiger partial charge in [0.1, 0.15) is 0 Å². The predicted molar refractivity (Wildman–Crippen MR) is 79.5 cm³/mol. The molecule has 0 saturated heterocycles. The molecule has 0 aromatic carbocycles. The molecule has 0 spiro atoms. The summed E-state index contributed by atoms with van der Waals surface area (Å²) in [4.78, 5) is 0. The van der Waals surface area contributed by atoms with Gasteiger partial charge in [-0.2, -0.15) is 5.10 Å². The second kappa shape index (κ2) is 7.27. The summed E-state index contributed by atoms with van der Waals surface area (Å²) in [5.41, 5.74) is 1.33. The molecular weight excluding hydrogens is 262 g/mol. The maximum absolute atomic E-state index is 10.2. The van der Waals surface area contributed by atoms with Crippen molar-refractivity contribution in [2.45, 2.75) is 65.6 Å². The van der Waals surface area contributed by atoms with E-state index in [0.717, 1.165) is 42.2 Å². The fourth-order valence-corrected chi connectivity index (χ4v) is 2.44. The molecule has 0 atom stereocenters. The van der Waals surface area contributed by atoms with E-state index in [1.807, 2.05) is 18.5 Å². The fourth-order valence-electron chi connectivity index (χ4n) is 2.10. The molecule has 0 aliphatic carbocycles. The zero-order valence-corrected chi connectivity index (χ0v) is 13.2. The van der Waals surface area contributed by atoms with Crippen LogP contribution in [-0.4, -0.2) is 27.0 Å². The third-order valence-electron chi connectivity index (χ3n) is 3.76. The van der Waals surface area contributed by atoms with E-state index in [4.69, 9.17) is 11.6 Å². The lowest BCUT2D eigenvalue weighted by Crippen LogP contribution is -2.39. The van der Waals surface area contributed by atoms with Gasteiger partial charge < -0.3 is 10.4 Å². The largest absolute Gasteiger partial charge is 0.389 e. The fraction of sp³-hybridized carbons (Fsp3) is 0.786. The zero-order valence-electron chi connectivity index (χ0n) is 12.5. The van der Waals surface area contributed by atoms with Gasteiger partial charge in [-0.25, -0.2) is 0 Å². The second-order valence-corrected chi connectivity index (χ2v) is 5.29. The minimum atomic E-state index is -0.628. The highest BCUT2D eigenvalue weighted by Gasteiger charge is 2.22. The van der Waals surface area contributed by atoms with Crippen molar-refractivity contribution < 1.29 is 5.11 Å². The number of halogens is 1. The van der Waals surface area contributed by atoms with Gasteiger partial charge >= 0.3 is 0 Å². The normalized spacial score (nSPS) is 12.1. The molecule has 19 heavy (non-hydrogen) atoms. The Labute approximate surface area is 121 Å². The van der Waals surface area contributed by atoms with Crippen LogP contribution in [0.4, 0.5) is 0 Å². The van der Waals surface area contributed by atoms with E-state index in [0.29, 0.717) is 13.1 Å². The van der Waals surface area contributed by atoms with Gasteiger partial charge in [0.15, 0.2) is 0 Å². The Bertz CT molecular complexity index is 400. The van der Waals surface area contributed by atoms with Crippen LogP contribution in [0.5, 0.6) is 0 Å². The molecule has 4 nitrogen and oxygen atoms in total. The molecule has 5 heteroatoms. The number of aryl methyl sites for hydroxylation is 2. The van der Waals surface area contributed by atoms with Crippen molar-refractivity contribution >= 4 is 11.6 Å². The minimum absolute atomic E-state index is 0.576. The Balaban J connectivity index is 2.70. The Kier molecular flexibility index (Phi) is 6.30. The average molecular weight is 288 g/mol. The molecule has 0 unspecified atom stereocenters. The molecule has 0 fully saturated rings. The number of nitrogens with zero attached hydrogens (tertiary/aromatic N) is 2. The Morgan fingerprint density at radius 2 is 1.89 bits per heavy atom. The van der Waals surface area contributed by atoms with E-state index < -0.39 is 5.60 Å². The number of nitrogens with one attached hydrogen (secondary N) is 1. The summed E-state index contributed by atoms with van der Waals surface area (Å²) in [6.45, 7) is 10.1. The van der Waals surface area contributed by atoms with Crippen LogP contribution in [0.2, 0.25) is 5.02 Å². The quantitative estimate of drug-likeness (QED) is 0.773. The van der Waals surface area contributed by atoms with Crippen LogP contribution in [0.3, 0.4) is 0 Å². The highest BCUT2D eigenvalue weighted by molar-refractivity contribution is 6.31. The Morgan fingerprint density at radius 1 is 1.26 bits per heavy atom. The van der Waals surface area contributed by atoms with Gasteiger partial charge in [0.25, 0.3) is 0 Å². The SMILES string of the molecule is CCc1nn(CC)c(CNCC(O)(CC)CC)c1Cl. The van der Waals surface area contributed by atoms with Gasteiger partial charge in [-0.15, -0.1) is 0 Å². The Morgan fingerprint density at radius 3 is 2.37 bits per heavy atom. The second-order valence-electron chi connectivity index (χ2n) is 4.91. The van der Waals surface area contributed by atoms with E-state index in [9.17, 15) is 5.11 Å². The van der Waals surface area contributed by atoms with Crippen LogP contribution in [0.15, 0.2) is 0 Å². The van der Waals surface area contributed by atoms with Crippen LogP contribution in [0, 0.1) is 0 Å². The Hall–Kier alpha value is -0.580. The van der Waals surface area contributed by atoms with Gasteiger partial charge in [-0.3, -0.25) is 4.68 Å². The standard InChI is InChI=1S/C14H26ClN3O/c1-5-11-13(15)12(18(8-4)17-11)9-16-10-14(19,6-2)7-3/h16,19H,5-10H2,1-4H3. The third-order valence-corrected chi connectivity index (χ3v) is 4.19. The van der Waals surface area contributed by atoms with Crippen LogP contribution < -0.4 is 5.32 Å². The van der Waals surface area contributed by atoms with E-state index >= 15 is 0 Å². The summed E-state index contributed by atoms with van der Waals surface area (Å²) in [6, 6.07) is 0. The molecule has 0 bridgehead atoms. The van der Waals surface area contributed by atoms with Crippen molar-refractivity contribution in [3.8, 4) is 0 Å². The van der Waals surface area contributed by atoms with Gasteiger partial charge in [-0.05, 0) is 26.2 Å². The molecule has 1 heterocycles. The van der Waals surface area contributed by atoms with Gasteiger partial charge in [0, 0.05) is 19.6 Å². The summed E-state index contributed by atoms with van der Waals surface area (Å²) in [6.07, 6.45) is 2.33. The smallest absolute Gasteiger partial charge is 0.0863 e. The van der Waals surface area contributed by atoms with Crippen molar-refractivity contribution in [2.75, 3.05) is 6.54 Å². The van der Waals surface area contributed by atoms with Crippen LogP contribution in [0.1, 0.15) is 51.9 Å². The summed E-state index contributed by atoms with van der Waals surface area (Å²) >= 11 is 6.34. The van der Waals surface area contributed by atoms with Crippen molar-refractivity contribution in [2.24, 2.45) is 0 Å². The molecule has 110 valence electrons. The lowest BCUT2D eigenvalue weighted by atomic mass is 9.98. The number of hydrogen-bond donors (Lipinski definition) is 2. The number of aromatic nitrogens is 2. The number of rotatable bonds is 8. The predicted octanol–water partition coefficient (Wildman–Crippen LogP) is 2.76. The topological polar surface area (TPSA) is 50.1 Å². The molecule has 2 N–H and O–H groups in total. The maximum Gasteiger partial charge on any atom is 0.0863 e. The highest BCUT2D eigenvalue weighted by Crippen LogP contribution is 2.22. The minimum Gasteiger partial charge on any atom is -0.389 e. The van der Waals surface area contributed by atoms with Crippen molar-refractivity contribution in [1.29, 1.82) is 0 Å². The van der Waals surface area contributed by atoms with Crippen molar-refractivity contribution in [1.82, 2.24) is 15.1 Å². The van der Waals surface area contributed by atoms with Crippen molar-refractivity contribution in [3.05, 3.63) is 16.4 Å². The number of hydrogen-bond acceptors (Lipinski definition) is 3. The monoisotopic (exact) mass is 287 g/mol. The summed E-state index contributed by atoms with van der Waals surface area (Å²) in [5, 5.41) is 18.8. The van der Waals surface area contributed by atoms with Crippen molar-refractivity contribution in [3.63, 3.8) is 0 Å². The molecule has 1 rings (SSSR count). The van der Waals surface area contributed by atoms with Gasteiger partial charge in [-0.1, -0.05) is 32.4 Å². The van der Waals surface area contributed by atoms with E-state index in [-0.39, 0.29) is 0 Å². The first-order valence-corrected chi connectivity index (χ1v) is 7.56. The molecular formula is C14H26ClN3O. The van der Waals surface area contributed by atoms with Crippen LogP contribution >= 0.6 is 11.6 Å². The molecule has 0 aliphatic heterocycles. The summed E-state index contributed by atoms with van der Waals surface area (Å²) < 4.78 is 1.94. The molecule has 0 amide bonds. The van der Waals surface area contributed by atoms with E-state index in [1.165, 1.54) is 0 Å². The van der Waals surface area contributed by atoms with Gasteiger partial charge in [0.05, 0.1) is 22.0 Å². The summed E-state index contributed by atoms with van der Waals surface area (Å²) in [5.74, 6) is 0. The molecule has 1 aromatic rings.